The number of nitrogens with zero attached hydrogens (tertiary/aromatic N) is 3. The fraction of sp³-hybridized carbons (Fsp3) is 0.227. The Balaban J connectivity index is 1.32. The molecular weight excluding hydrogens is 416 g/mol. The number of carbonyl (C=O) groups excluding carboxylic acids is 2. The van der Waals surface area contributed by atoms with Gasteiger partial charge in [0.25, 0.3) is 0 Å². The number of rotatable bonds is 5. The summed E-state index contributed by atoms with van der Waals surface area (Å²) in [6.07, 6.45) is 0. The summed E-state index contributed by atoms with van der Waals surface area (Å²) in [5.74, 6) is 1.29. The van der Waals surface area contributed by atoms with E-state index in [9.17, 15) is 9.59 Å². The molecule has 1 N–H and O–H groups in total. The lowest BCUT2D eigenvalue weighted by Crippen LogP contribution is -2.43. The number of fused-ring (bicyclic) bond motifs is 2. The van der Waals surface area contributed by atoms with E-state index < -0.39 is 0 Å². The molecule has 0 bridgehead atoms. The number of hydrogen-bond acceptors (Lipinski definition) is 6. The van der Waals surface area contributed by atoms with Gasteiger partial charge in [0.2, 0.25) is 18.6 Å². The molecule has 31 heavy (non-hydrogen) atoms. The Hall–Kier alpha value is -3.46. The van der Waals surface area contributed by atoms with Crippen molar-refractivity contribution in [3.05, 3.63) is 59.8 Å². The van der Waals surface area contributed by atoms with Crippen LogP contribution in [0, 0.1) is 6.92 Å². The molecule has 0 atom stereocenters. The monoisotopic (exact) mass is 436 g/mol. The summed E-state index contributed by atoms with van der Waals surface area (Å²) >= 11 is 1.44. The Kier molecular flexibility index (Phi) is 5.03. The van der Waals surface area contributed by atoms with Crippen LogP contribution in [-0.4, -0.2) is 40.7 Å². The number of thioether (sulfide) groups is 1. The summed E-state index contributed by atoms with van der Waals surface area (Å²) in [6, 6.07) is 15.3. The molecular formula is C22H20N4O4S. The smallest absolute Gasteiger partial charge is 0.240 e. The van der Waals surface area contributed by atoms with E-state index in [4.69, 9.17) is 9.47 Å². The fourth-order valence-corrected chi connectivity index (χ4v) is 4.71. The zero-order valence-corrected chi connectivity index (χ0v) is 17.6. The summed E-state index contributed by atoms with van der Waals surface area (Å²) in [7, 11) is 0. The van der Waals surface area contributed by atoms with E-state index in [0.29, 0.717) is 29.4 Å². The predicted molar refractivity (Wildman–Crippen MR) is 116 cm³/mol. The average Bonchev–Trinajstić information content (AvgIpc) is 3.39. The van der Waals surface area contributed by atoms with Crippen LogP contribution in [-0.2, 0) is 16.1 Å². The summed E-state index contributed by atoms with van der Waals surface area (Å²) in [6.45, 7) is 2.34. The van der Waals surface area contributed by atoms with Crippen LogP contribution in [0.15, 0.2) is 53.6 Å². The van der Waals surface area contributed by atoms with Crippen LogP contribution in [0.1, 0.15) is 11.3 Å². The topological polar surface area (TPSA) is 85.7 Å². The van der Waals surface area contributed by atoms with Crippen molar-refractivity contribution >= 4 is 29.3 Å². The minimum Gasteiger partial charge on any atom is -0.454 e. The number of aryl methyl sites for hydroxylation is 1. The van der Waals surface area contributed by atoms with Crippen molar-refractivity contribution in [2.24, 2.45) is 0 Å². The van der Waals surface area contributed by atoms with Crippen LogP contribution in [0.25, 0.3) is 5.69 Å². The number of benzene rings is 2. The molecule has 2 aromatic carbocycles. The van der Waals surface area contributed by atoms with Gasteiger partial charge in [0.15, 0.2) is 11.5 Å². The van der Waals surface area contributed by atoms with Gasteiger partial charge in [-0.25, -0.2) is 4.68 Å². The lowest BCUT2D eigenvalue weighted by molar-refractivity contribution is -0.123. The third-order valence-corrected chi connectivity index (χ3v) is 6.15. The van der Waals surface area contributed by atoms with Gasteiger partial charge in [0, 0.05) is 6.54 Å². The minimum atomic E-state index is -0.240. The number of hydrogen-bond donors (Lipinski definition) is 1. The second-order valence-electron chi connectivity index (χ2n) is 7.22. The molecule has 0 radical (unpaired) electrons. The number of amides is 2. The van der Waals surface area contributed by atoms with Gasteiger partial charge >= 0.3 is 0 Å². The molecule has 0 saturated heterocycles. The molecule has 3 aromatic rings. The maximum Gasteiger partial charge on any atom is 0.240 e. The Morgan fingerprint density at radius 3 is 2.81 bits per heavy atom. The van der Waals surface area contributed by atoms with Crippen molar-refractivity contribution in [2.75, 3.05) is 24.0 Å². The Morgan fingerprint density at radius 1 is 1.16 bits per heavy atom. The van der Waals surface area contributed by atoms with E-state index in [1.54, 1.807) is 0 Å². The van der Waals surface area contributed by atoms with Crippen molar-refractivity contribution in [1.82, 2.24) is 15.1 Å². The lowest BCUT2D eigenvalue weighted by atomic mass is 10.2. The van der Waals surface area contributed by atoms with Crippen molar-refractivity contribution in [3.8, 4) is 17.2 Å². The van der Waals surface area contributed by atoms with Gasteiger partial charge in [-0.2, -0.15) is 5.10 Å². The molecule has 1 aromatic heterocycles. The molecule has 0 spiro atoms. The molecule has 5 rings (SSSR count). The van der Waals surface area contributed by atoms with Crippen molar-refractivity contribution in [2.45, 2.75) is 18.5 Å². The fourth-order valence-electron chi connectivity index (χ4n) is 3.63. The second-order valence-corrected chi connectivity index (χ2v) is 8.18. The van der Waals surface area contributed by atoms with Crippen LogP contribution < -0.4 is 19.7 Å². The zero-order valence-electron chi connectivity index (χ0n) is 16.8. The Labute approximate surface area is 183 Å². The molecule has 0 unspecified atom stereocenters. The number of para-hydroxylation sites is 1. The minimum absolute atomic E-state index is 0.0573. The molecule has 0 saturated carbocycles. The largest absolute Gasteiger partial charge is 0.454 e. The molecule has 0 aliphatic carbocycles. The highest BCUT2D eigenvalue weighted by atomic mass is 32.2. The zero-order chi connectivity index (χ0) is 21.4. The Bertz CT molecular complexity index is 1160. The van der Waals surface area contributed by atoms with Gasteiger partial charge in [-0.15, -0.1) is 0 Å². The summed E-state index contributed by atoms with van der Waals surface area (Å²) < 4.78 is 12.5. The van der Waals surface area contributed by atoms with E-state index in [-0.39, 0.29) is 30.9 Å². The average molecular weight is 436 g/mol. The normalized spacial score (nSPS) is 14.5. The second kappa shape index (κ2) is 7.99. The first-order valence-electron chi connectivity index (χ1n) is 9.83. The molecule has 2 aliphatic heterocycles. The number of ether oxygens (including phenoxy) is 2. The van der Waals surface area contributed by atoms with E-state index in [1.807, 2.05) is 60.1 Å². The molecule has 3 heterocycles. The van der Waals surface area contributed by atoms with E-state index in [1.165, 1.54) is 16.7 Å². The van der Waals surface area contributed by atoms with Crippen molar-refractivity contribution < 1.29 is 19.1 Å². The van der Waals surface area contributed by atoms with Crippen LogP contribution in [0.4, 0.5) is 5.69 Å². The standard InChI is InChI=1S/C22H20N4O4S/c1-14-21-22(26(24-14)16-5-3-2-4-6-16)31-12-20(28)25(21)11-19(27)23-10-15-7-8-17-18(9-15)30-13-29-17/h2-9H,10-13H2,1H3,(H,23,27). The third-order valence-electron chi connectivity index (χ3n) is 5.12. The van der Waals surface area contributed by atoms with Gasteiger partial charge in [-0.05, 0) is 36.8 Å². The van der Waals surface area contributed by atoms with E-state index >= 15 is 0 Å². The molecule has 8 nitrogen and oxygen atoms in total. The highest BCUT2D eigenvalue weighted by molar-refractivity contribution is 8.00. The van der Waals surface area contributed by atoms with E-state index in [0.717, 1.165) is 16.3 Å². The number of anilines is 1. The highest BCUT2D eigenvalue weighted by Gasteiger charge is 2.32. The van der Waals surface area contributed by atoms with Gasteiger partial charge in [-0.3, -0.25) is 14.5 Å². The van der Waals surface area contributed by atoms with Crippen LogP contribution in [0.3, 0.4) is 0 Å². The van der Waals surface area contributed by atoms with Crippen LogP contribution in [0.2, 0.25) is 0 Å². The van der Waals surface area contributed by atoms with Crippen molar-refractivity contribution in [3.63, 3.8) is 0 Å². The maximum atomic E-state index is 12.7. The van der Waals surface area contributed by atoms with Gasteiger partial charge < -0.3 is 14.8 Å². The SMILES string of the molecule is Cc1nn(-c2ccccc2)c2c1N(CC(=O)NCc1ccc3c(c1)OCO3)C(=O)CS2. The first-order valence-corrected chi connectivity index (χ1v) is 10.8. The van der Waals surface area contributed by atoms with Gasteiger partial charge in [0.1, 0.15) is 11.6 Å². The molecule has 158 valence electrons. The number of nitrogens with one attached hydrogen (secondary N) is 1. The highest BCUT2D eigenvalue weighted by Crippen LogP contribution is 2.39. The first kappa shape index (κ1) is 19.5. The quantitative estimate of drug-likeness (QED) is 0.662. The summed E-state index contributed by atoms with van der Waals surface area (Å²) in [5, 5.41) is 8.38. The van der Waals surface area contributed by atoms with Gasteiger partial charge in [-0.1, -0.05) is 36.0 Å². The number of carbonyl (C=O) groups is 2. The molecule has 0 fully saturated rings. The predicted octanol–water partition coefficient (Wildman–Crippen LogP) is 2.66. The lowest BCUT2D eigenvalue weighted by Gasteiger charge is -2.27. The first-order chi connectivity index (χ1) is 15.1. The molecule has 2 amide bonds. The van der Waals surface area contributed by atoms with E-state index in [2.05, 4.69) is 10.4 Å². The van der Waals surface area contributed by atoms with Crippen molar-refractivity contribution in [1.29, 1.82) is 0 Å². The maximum absolute atomic E-state index is 12.7. The summed E-state index contributed by atoms with van der Waals surface area (Å²) in [5.41, 5.74) is 3.22. The van der Waals surface area contributed by atoms with Crippen LogP contribution >= 0.6 is 11.8 Å². The third kappa shape index (κ3) is 3.72. The number of aromatic nitrogens is 2. The molecule has 9 heteroatoms. The van der Waals surface area contributed by atoms with Gasteiger partial charge in [0.05, 0.1) is 22.8 Å². The summed E-state index contributed by atoms with van der Waals surface area (Å²) in [4.78, 5) is 26.8. The molecule has 2 aliphatic rings. The Morgan fingerprint density at radius 2 is 1.97 bits per heavy atom. The van der Waals surface area contributed by atoms with Crippen LogP contribution in [0.5, 0.6) is 11.5 Å².